The number of nitrogens with zero attached hydrogens (tertiary/aromatic N) is 2. The van der Waals surface area contributed by atoms with Crippen LogP contribution in [0.5, 0.6) is 0 Å². The number of fused-ring (bicyclic) bond motifs is 1. The molecule has 2 amide bonds. The van der Waals surface area contributed by atoms with Crippen LogP contribution in [0.25, 0.3) is 10.8 Å². The third kappa shape index (κ3) is 3.16. The zero-order chi connectivity index (χ0) is 17.9. The summed E-state index contributed by atoms with van der Waals surface area (Å²) >= 11 is 0. The van der Waals surface area contributed by atoms with E-state index in [0.717, 1.165) is 22.2 Å². The molecule has 0 bridgehead atoms. The topological polar surface area (TPSA) is 62.3 Å². The van der Waals surface area contributed by atoms with Crippen LogP contribution in [-0.4, -0.2) is 23.3 Å². The summed E-state index contributed by atoms with van der Waals surface area (Å²) in [5.41, 5.74) is 1.67. The van der Waals surface area contributed by atoms with Crippen LogP contribution in [0.1, 0.15) is 12.1 Å². The highest BCUT2D eigenvalue weighted by Gasteiger charge is 2.35. The molecule has 2 aromatic carbocycles. The first kappa shape index (κ1) is 16.3. The van der Waals surface area contributed by atoms with Gasteiger partial charge < -0.3 is 10.2 Å². The van der Waals surface area contributed by atoms with Gasteiger partial charge in [-0.2, -0.15) is 0 Å². The van der Waals surface area contributed by atoms with Crippen LogP contribution in [-0.2, 0) is 16.1 Å². The van der Waals surface area contributed by atoms with Crippen molar-refractivity contribution in [3.05, 3.63) is 72.6 Å². The molecule has 1 saturated heterocycles. The van der Waals surface area contributed by atoms with Gasteiger partial charge in [-0.3, -0.25) is 14.6 Å². The zero-order valence-corrected chi connectivity index (χ0v) is 14.3. The van der Waals surface area contributed by atoms with Crippen molar-refractivity contribution in [2.24, 2.45) is 5.92 Å². The number of rotatable bonds is 4. The van der Waals surface area contributed by atoms with Gasteiger partial charge in [0.25, 0.3) is 0 Å². The van der Waals surface area contributed by atoms with E-state index in [1.165, 1.54) is 0 Å². The van der Waals surface area contributed by atoms with Crippen molar-refractivity contribution < 1.29 is 9.59 Å². The van der Waals surface area contributed by atoms with Gasteiger partial charge in [-0.15, -0.1) is 0 Å². The Morgan fingerprint density at radius 1 is 1.08 bits per heavy atom. The van der Waals surface area contributed by atoms with E-state index in [2.05, 4.69) is 10.3 Å². The highest BCUT2D eigenvalue weighted by Crippen LogP contribution is 2.31. The quantitative estimate of drug-likeness (QED) is 0.791. The summed E-state index contributed by atoms with van der Waals surface area (Å²) < 4.78 is 0. The average molecular weight is 345 g/mol. The first-order chi connectivity index (χ1) is 12.7. The number of nitrogens with one attached hydrogen (secondary N) is 1. The van der Waals surface area contributed by atoms with Crippen molar-refractivity contribution in [2.45, 2.75) is 13.0 Å². The third-order valence-electron chi connectivity index (χ3n) is 4.72. The number of pyridine rings is 1. The lowest BCUT2D eigenvalue weighted by Gasteiger charge is -2.19. The molecule has 0 saturated carbocycles. The van der Waals surface area contributed by atoms with Gasteiger partial charge in [0.1, 0.15) is 0 Å². The molecule has 1 fully saturated rings. The van der Waals surface area contributed by atoms with Gasteiger partial charge in [0.2, 0.25) is 11.8 Å². The molecular weight excluding hydrogens is 326 g/mol. The van der Waals surface area contributed by atoms with E-state index in [9.17, 15) is 9.59 Å². The molecule has 0 unspecified atom stereocenters. The predicted octanol–water partition coefficient (Wildman–Crippen LogP) is 2.90. The Labute approximate surface area is 151 Å². The van der Waals surface area contributed by atoms with Crippen LogP contribution < -0.4 is 10.2 Å². The fraction of sp³-hybridized carbons (Fsp3) is 0.190. The van der Waals surface area contributed by atoms with Crippen LogP contribution in [0, 0.1) is 5.92 Å². The van der Waals surface area contributed by atoms with Crippen molar-refractivity contribution in [3.63, 3.8) is 0 Å². The van der Waals surface area contributed by atoms with Gasteiger partial charge in [0, 0.05) is 24.5 Å². The molecule has 1 aromatic heterocycles. The molecule has 0 radical (unpaired) electrons. The van der Waals surface area contributed by atoms with Crippen molar-refractivity contribution in [1.29, 1.82) is 0 Å². The van der Waals surface area contributed by atoms with E-state index in [4.69, 9.17) is 0 Å². The molecule has 0 spiro atoms. The number of amides is 2. The Morgan fingerprint density at radius 3 is 2.73 bits per heavy atom. The van der Waals surface area contributed by atoms with Crippen LogP contribution >= 0.6 is 0 Å². The second-order valence-electron chi connectivity index (χ2n) is 6.44. The number of aromatic nitrogens is 1. The van der Waals surface area contributed by atoms with E-state index in [1.807, 2.05) is 60.7 Å². The van der Waals surface area contributed by atoms with Crippen LogP contribution in [0.15, 0.2) is 66.9 Å². The molecule has 1 N–H and O–H groups in total. The summed E-state index contributed by atoms with van der Waals surface area (Å²) in [6.45, 7) is 0.777. The van der Waals surface area contributed by atoms with E-state index < -0.39 is 0 Å². The first-order valence-corrected chi connectivity index (χ1v) is 8.68. The van der Waals surface area contributed by atoms with E-state index in [1.54, 1.807) is 11.1 Å². The first-order valence-electron chi connectivity index (χ1n) is 8.68. The van der Waals surface area contributed by atoms with Gasteiger partial charge >= 0.3 is 0 Å². The van der Waals surface area contributed by atoms with Crippen molar-refractivity contribution >= 4 is 28.3 Å². The molecule has 26 heavy (non-hydrogen) atoms. The molecule has 5 heteroatoms. The molecule has 1 aliphatic rings. The average Bonchev–Trinajstić information content (AvgIpc) is 3.08. The van der Waals surface area contributed by atoms with Gasteiger partial charge in [-0.05, 0) is 23.6 Å². The van der Waals surface area contributed by atoms with Gasteiger partial charge in [-0.25, -0.2) is 0 Å². The number of hydrogen-bond donors (Lipinski definition) is 1. The minimum absolute atomic E-state index is 0.0145. The molecule has 3 aromatic rings. The molecule has 1 aliphatic heterocycles. The Balaban J connectivity index is 1.49. The Hall–Kier alpha value is -3.21. The summed E-state index contributed by atoms with van der Waals surface area (Å²) in [6, 6.07) is 19.5. The normalized spacial score (nSPS) is 16.8. The second-order valence-corrected chi connectivity index (χ2v) is 6.44. The maximum absolute atomic E-state index is 12.5. The highest BCUT2D eigenvalue weighted by molar-refractivity contribution is 6.06. The monoisotopic (exact) mass is 345 g/mol. The van der Waals surface area contributed by atoms with Crippen LogP contribution in [0.2, 0.25) is 0 Å². The zero-order valence-electron chi connectivity index (χ0n) is 14.3. The van der Waals surface area contributed by atoms with Crippen molar-refractivity contribution in [2.75, 3.05) is 11.4 Å². The Morgan fingerprint density at radius 2 is 1.88 bits per heavy atom. The van der Waals surface area contributed by atoms with Gasteiger partial charge in [0.15, 0.2) is 0 Å². The van der Waals surface area contributed by atoms with Crippen molar-refractivity contribution in [3.8, 4) is 0 Å². The lowest BCUT2D eigenvalue weighted by molar-refractivity contribution is -0.126. The number of hydrogen-bond acceptors (Lipinski definition) is 3. The maximum atomic E-state index is 12.5. The van der Waals surface area contributed by atoms with Gasteiger partial charge in [-0.1, -0.05) is 42.5 Å². The highest BCUT2D eigenvalue weighted by atomic mass is 16.2. The molecule has 0 aliphatic carbocycles. The summed E-state index contributed by atoms with van der Waals surface area (Å²) in [7, 11) is 0. The van der Waals surface area contributed by atoms with E-state index >= 15 is 0 Å². The SMILES string of the molecule is O=C(NCc1ccccn1)[C@H]1CC(=O)N(c2cccc3ccccc23)C1. The Kier molecular flexibility index (Phi) is 4.35. The molecule has 130 valence electrons. The fourth-order valence-corrected chi connectivity index (χ4v) is 3.38. The predicted molar refractivity (Wildman–Crippen MR) is 100 cm³/mol. The smallest absolute Gasteiger partial charge is 0.227 e. The van der Waals surface area contributed by atoms with Crippen LogP contribution in [0.3, 0.4) is 0 Å². The number of carbonyl (C=O) groups is 2. The molecule has 1 atom stereocenters. The molecule has 2 heterocycles. The maximum Gasteiger partial charge on any atom is 0.227 e. The second kappa shape index (κ2) is 6.96. The molecular formula is C21H19N3O2. The lowest BCUT2D eigenvalue weighted by atomic mass is 10.1. The van der Waals surface area contributed by atoms with Gasteiger partial charge in [0.05, 0.1) is 23.8 Å². The summed E-state index contributed by atoms with van der Waals surface area (Å²) in [5, 5.41) is 5.00. The lowest BCUT2D eigenvalue weighted by Crippen LogP contribution is -2.32. The minimum Gasteiger partial charge on any atom is -0.350 e. The summed E-state index contributed by atoms with van der Waals surface area (Å²) in [5.74, 6) is -0.462. The summed E-state index contributed by atoms with van der Waals surface area (Å²) in [4.78, 5) is 31.0. The van der Waals surface area contributed by atoms with Crippen molar-refractivity contribution in [1.82, 2.24) is 10.3 Å². The van der Waals surface area contributed by atoms with E-state index in [0.29, 0.717) is 13.1 Å². The number of anilines is 1. The number of benzene rings is 2. The van der Waals surface area contributed by atoms with E-state index in [-0.39, 0.29) is 24.2 Å². The summed E-state index contributed by atoms with van der Waals surface area (Å²) in [6.07, 6.45) is 1.93. The minimum atomic E-state index is -0.342. The van der Waals surface area contributed by atoms with Crippen LogP contribution in [0.4, 0.5) is 5.69 Å². The Bertz CT molecular complexity index is 950. The largest absolute Gasteiger partial charge is 0.350 e. The molecule has 4 rings (SSSR count). The molecule has 5 nitrogen and oxygen atoms in total. The number of carbonyl (C=O) groups excluding carboxylic acids is 2. The third-order valence-corrected chi connectivity index (χ3v) is 4.72. The fourth-order valence-electron chi connectivity index (χ4n) is 3.38. The standard InChI is InChI=1S/C21H19N3O2/c25-20-12-16(21(26)23-13-17-8-3-4-11-22-17)14-24(20)19-10-5-7-15-6-1-2-9-18(15)19/h1-11,16H,12-14H2,(H,23,26)/t16-/m0/s1.